The number of hydrogen-bond acceptors (Lipinski definition) is 0. The second-order valence-corrected chi connectivity index (χ2v) is 4.46. The number of fused-ring (bicyclic) bond motifs is 2. The summed E-state index contributed by atoms with van der Waals surface area (Å²) in [5.41, 5.74) is 1.23. The van der Waals surface area contributed by atoms with Gasteiger partial charge in [-0.05, 0) is 29.3 Å². The summed E-state index contributed by atoms with van der Waals surface area (Å²) in [5, 5.41) is 5.58. The van der Waals surface area contributed by atoms with Gasteiger partial charge in [0.05, 0.1) is 5.02 Å². The van der Waals surface area contributed by atoms with Gasteiger partial charge in [0, 0.05) is 10.8 Å². The van der Waals surface area contributed by atoms with Crippen molar-refractivity contribution in [2.75, 3.05) is 0 Å². The highest BCUT2D eigenvalue weighted by Crippen LogP contribution is 2.33. The van der Waals surface area contributed by atoms with Crippen molar-refractivity contribution in [3.63, 3.8) is 0 Å². The maximum Gasteiger partial charge on any atom is 0.0565 e. The van der Waals surface area contributed by atoms with Gasteiger partial charge in [0.1, 0.15) is 0 Å². The SMILES string of the molecule is Cc1cccc2cc3ccccc3c(Cl)c12. The van der Waals surface area contributed by atoms with Gasteiger partial charge in [0.25, 0.3) is 0 Å². The summed E-state index contributed by atoms with van der Waals surface area (Å²) in [6, 6.07) is 16.7. The van der Waals surface area contributed by atoms with E-state index in [4.69, 9.17) is 11.6 Å². The van der Waals surface area contributed by atoms with Crippen LogP contribution in [0.5, 0.6) is 0 Å². The lowest BCUT2D eigenvalue weighted by Crippen LogP contribution is -1.82. The molecule has 16 heavy (non-hydrogen) atoms. The van der Waals surface area contributed by atoms with Crippen molar-refractivity contribution in [2.45, 2.75) is 6.92 Å². The van der Waals surface area contributed by atoms with Crippen LogP contribution in [0.3, 0.4) is 0 Å². The zero-order chi connectivity index (χ0) is 11.1. The molecule has 0 radical (unpaired) electrons. The number of hydrogen-bond donors (Lipinski definition) is 0. The van der Waals surface area contributed by atoms with E-state index in [2.05, 4.69) is 43.3 Å². The normalized spacial score (nSPS) is 11.1. The monoisotopic (exact) mass is 226 g/mol. The van der Waals surface area contributed by atoms with Crippen LogP contribution >= 0.6 is 11.6 Å². The summed E-state index contributed by atoms with van der Waals surface area (Å²) in [5.74, 6) is 0. The van der Waals surface area contributed by atoms with Crippen LogP contribution in [0.4, 0.5) is 0 Å². The number of benzene rings is 3. The molecule has 0 nitrogen and oxygen atoms in total. The molecule has 3 rings (SSSR count). The van der Waals surface area contributed by atoms with Gasteiger partial charge in [0.15, 0.2) is 0 Å². The lowest BCUT2D eigenvalue weighted by atomic mass is 10.0. The Morgan fingerprint density at radius 3 is 2.50 bits per heavy atom. The Morgan fingerprint density at radius 1 is 0.875 bits per heavy atom. The molecule has 0 heterocycles. The molecule has 0 saturated carbocycles. The fourth-order valence-electron chi connectivity index (χ4n) is 2.24. The highest BCUT2D eigenvalue weighted by atomic mass is 35.5. The number of aryl methyl sites for hydroxylation is 1. The molecule has 0 spiro atoms. The van der Waals surface area contributed by atoms with E-state index in [1.54, 1.807) is 0 Å². The average molecular weight is 227 g/mol. The first-order chi connectivity index (χ1) is 7.77. The van der Waals surface area contributed by atoms with Crippen molar-refractivity contribution in [1.82, 2.24) is 0 Å². The zero-order valence-electron chi connectivity index (χ0n) is 9.00. The Morgan fingerprint density at radius 2 is 1.62 bits per heavy atom. The molecule has 0 atom stereocenters. The molecule has 3 aromatic rings. The second kappa shape index (κ2) is 3.50. The predicted molar refractivity (Wildman–Crippen MR) is 71.2 cm³/mol. The zero-order valence-corrected chi connectivity index (χ0v) is 9.75. The van der Waals surface area contributed by atoms with Gasteiger partial charge in [-0.1, -0.05) is 54.1 Å². The highest BCUT2D eigenvalue weighted by Gasteiger charge is 2.06. The van der Waals surface area contributed by atoms with Gasteiger partial charge in [0.2, 0.25) is 0 Å². The molecule has 0 aliphatic heterocycles. The van der Waals surface area contributed by atoms with E-state index in [0.717, 1.165) is 10.4 Å². The highest BCUT2D eigenvalue weighted by molar-refractivity contribution is 6.41. The maximum absolute atomic E-state index is 6.48. The molecule has 0 N–H and O–H groups in total. The molecule has 0 bridgehead atoms. The Hall–Kier alpha value is -1.53. The Balaban J connectivity index is 2.62. The molecule has 0 amide bonds. The Bertz CT molecular complexity index is 683. The van der Waals surface area contributed by atoms with E-state index < -0.39 is 0 Å². The van der Waals surface area contributed by atoms with Gasteiger partial charge < -0.3 is 0 Å². The first-order valence-corrected chi connectivity index (χ1v) is 5.72. The summed E-state index contributed by atoms with van der Waals surface area (Å²) in [4.78, 5) is 0. The minimum Gasteiger partial charge on any atom is -0.0830 e. The quantitative estimate of drug-likeness (QED) is 0.476. The van der Waals surface area contributed by atoms with Crippen molar-refractivity contribution in [1.29, 1.82) is 0 Å². The van der Waals surface area contributed by atoms with Crippen LogP contribution in [0, 0.1) is 6.92 Å². The second-order valence-electron chi connectivity index (χ2n) is 4.08. The predicted octanol–water partition coefficient (Wildman–Crippen LogP) is 4.95. The fourth-order valence-corrected chi connectivity index (χ4v) is 2.67. The molecule has 0 fully saturated rings. The molecule has 0 saturated heterocycles. The molecule has 0 aromatic heterocycles. The molecule has 0 aliphatic carbocycles. The van der Waals surface area contributed by atoms with Gasteiger partial charge in [-0.3, -0.25) is 0 Å². The largest absolute Gasteiger partial charge is 0.0830 e. The van der Waals surface area contributed by atoms with Gasteiger partial charge in [-0.25, -0.2) is 0 Å². The summed E-state index contributed by atoms with van der Waals surface area (Å²) >= 11 is 6.48. The molecule has 3 aromatic carbocycles. The van der Waals surface area contributed by atoms with Gasteiger partial charge in [-0.2, -0.15) is 0 Å². The Kier molecular flexibility index (Phi) is 2.12. The first-order valence-electron chi connectivity index (χ1n) is 5.34. The topological polar surface area (TPSA) is 0 Å². The third kappa shape index (κ3) is 1.30. The number of halogens is 1. The van der Waals surface area contributed by atoms with Crippen molar-refractivity contribution < 1.29 is 0 Å². The minimum atomic E-state index is 0.867. The average Bonchev–Trinajstić information content (AvgIpc) is 2.29. The van der Waals surface area contributed by atoms with E-state index in [-0.39, 0.29) is 0 Å². The van der Waals surface area contributed by atoms with Gasteiger partial charge in [-0.15, -0.1) is 0 Å². The van der Waals surface area contributed by atoms with E-state index in [1.807, 2.05) is 12.1 Å². The summed E-state index contributed by atoms with van der Waals surface area (Å²) in [7, 11) is 0. The lowest BCUT2D eigenvalue weighted by Gasteiger charge is -2.08. The van der Waals surface area contributed by atoms with Crippen molar-refractivity contribution >= 4 is 33.1 Å². The van der Waals surface area contributed by atoms with Crippen LogP contribution in [-0.4, -0.2) is 0 Å². The fraction of sp³-hybridized carbons (Fsp3) is 0.0667. The van der Waals surface area contributed by atoms with Crippen molar-refractivity contribution in [2.24, 2.45) is 0 Å². The van der Waals surface area contributed by atoms with Crippen LogP contribution in [0.1, 0.15) is 5.56 Å². The summed E-state index contributed by atoms with van der Waals surface area (Å²) in [6.07, 6.45) is 0. The van der Waals surface area contributed by atoms with Crippen LogP contribution in [0.2, 0.25) is 5.02 Å². The number of rotatable bonds is 0. The molecule has 0 unspecified atom stereocenters. The van der Waals surface area contributed by atoms with E-state index >= 15 is 0 Å². The van der Waals surface area contributed by atoms with Crippen molar-refractivity contribution in [3.05, 3.63) is 59.1 Å². The minimum absolute atomic E-state index is 0.867. The molecule has 78 valence electrons. The van der Waals surface area contributed by atoms with E-state index in [1.165, 1.54) is 21.7 Å². The van der Waals surface area contributed by atoms with Crippen LogP contribution in [0.15, 0.2) is 48.5 Å². The van der Waals surface area contributed by atoms with Gasteiger partial charge >= 0.3 is 0 Å². The standard InChI is InChI=1S/C15H11Cl/c1-10-5-4-7-12-9-11-6-2-3-8-13(11)15(16)14(10)12/h2-9H,1H3. The Labute approximate surface area is 99.5 Å². The first kappa shape index (κ1) is 9.68. The molecular formula is C15H11Cl. The van der Waals surface area contributed by atoms with Crippen LogP contribution in [0.25, 0.3) is 21.5 Å². The third-order valence-electron chi connectivity index (χ3n) is 3.03. The van der Waals surface area contributed by atoms with E-state index in [9.17, 15) is 0 Å². The summed E-state index contributed by atoms with van der Waals surface area (Å²) in [6.45, 7) is 2.10. The molecule has 1 heteroatoms. The third-order valence-corrected chi connectivity index (χ3v) is 3.43. The smallest absolute Gasteiger partial charge is 0.0565 e. The molecular weight excluding hydrogens is 216 g/mol. The summed E-state index contributed by atoms with van der Waals surface area (Å²) < 4.78 is 0. The molecule has 0 aliphatic rings. The van der Waals surface area contributed by atoms with Crippen LogP contribution in [-0.2, 0) is 0 Å². The maximum atomic E-state index is 6.48. The van der Waals surface area contributed by atoms with E-state index in [0.29, 0.717) is 0 Å². The lowest BCUT2D eigenvalue weighted by molar-refractivity contribution is 1.54. The van der Waals surface area contributed by atoms with Crippen molar-refractivity contribution in [3.8, 4) is 0 Å². The van der Waals surface area contributed by atoms with Crippen LogP contribution < -0.4 is 0 Å².